The first-order chi connectivity index (χ1) is 5.38. The lowest BCUT2D eigenvalue weighted by Gasteiger charge is -2.04. The summed E-state index contributed by atoms with van der Waals surface area (Å²) < 4.78 is 13.3. The summed E-state index contributed by atoms with van der Waals surface area (Å²) in [5.74, 6) is 0.289. The summed E-state index contributed by atoms with van der Waals surface area (Å²) in [5.41, 5.74) is 0.780. The highest BCUT2D eigenvalue weighted by molar-refractivity contribution is 5.15. The van der Waals surface area contributed by atoms with Gasteiger partial charge in [0.2, 0.25) is 0 Å². The van der Waals surface area contributed by atoms with Crippen LogP contribution in [0.2, 0.25) is 0 Å². The van der Waals surface area contributed by atoms with Crippen LogP contribution in [0.3, 0.4) is 0 Å². The van der Waals surface area contributed by atoms with E-state index in [1.54, 1.807) is 24.5 Å². The fourth-order valence-corrected chi connectivity index (χ4v) is 1.21. The lowest BCUT2D eigenvalue weighted by atomic mass is 10.1. The summed E-state index contributed by atoms with van der Waals surface area (Å²) in [6, 6.07) is 3.51. The van der Waals surface area contributed by atoms with E-state index in [0.717, 1.165) is 18.4 Å². The van der Waals surface area contributed by atoms with E-state index in [2.05, 4.69) is 4.98 Å². The molecule has 0 aliphatic heterocycles. The third kappa shape index (κ3) is 1.39. The number of pyridine rings is 1. The van der Waals surface area contributed by atoms with Gasteiger partial charge in [-0.05, 0) is 36.5 Å². The minimum absolute atomic E-state index is 0.289. The Kier molecular flexibility index (Phi) is 1.60. The first-order valence-electron chi connectivity index (χ1n) is 3.92. The molecule has 0 aromatic carbocycles. The molecule has 0 spiro atoms. The quantitative estimate of drug-likeness (QED) is 0.632. The second-order valence-corrected chi connectivity index (χ2v) is 3.02. The molecule has 0 bridgehead atoms. The Hall–Kier alpha value is -0.920. The van der Waals surface area contributed by atoms with Gasteiger partial charge in [-0.3, -0.25) is 4.98 Å². The van der Waals surface area contributed by atoms with Crippen molar-refractivity contribution in [1.82, 2.24) is 4.98 Å². The maximum absolute atomic E-state index is 13.3. The SMILES string of the molecule is FC(c1ccncc1)C1CC1. The number of rotatable bonds is 2. The van der Waals surface area contributed by atoms with Gasteiger partial charge in [0.15, 0.2) is 0 Å². The highest BCUT2D eigenvalue weighted by atomic mass is 19.1. The zero-order valence-corrected chi connectivity index (χ0v) is 6.20. The van der Waals surface area contributed by atoms with E-state index < -0.39 is 6.17 Å². The van der Waals surface area contributed by atoms with Gasteiger partial charge in [-0.25, -0.2) is 4.39 Å². The topological polar surface area (TPSA) is 12.9 Å². The zero-order valence-electron chi connectivity index (χ0n) is 6.20. The summed E-state index contributed by atoms with van der Waals surface area (Å²) in [4.78, 5) is 3.84. The Morgan fingerprint density at radius 3 is 2.55 bits per heavy atom. The predicted octanol–water partition coefficient (Wildman–Crippen LogP) is 2.50. The van der Waals surface area contributed by atoms with E-state index >= 15 is 0 Å². The lowest BCUT2D eigenvalue weighted by Crippen LogP contribution is -1.92. The molecule has 0 saturated heterocycles. The molecule has 1 aliphatic rings. The van der Waals surface area contributed by atoms with Crippen molar-refractivity contribution in [2.75, 3.05) is 0 Å². The number of aromatic nitrogens is 1. The van der Waals surface area contributed by atoms with E-state index in [0.29, 0.717) is 0 Å². The van der Waals surface area contributed by atoms with E-state index in [1.165, 1.54) is 0 Å². The highest BCUT2D eigenvalue weighted by Crippen LogP contribution is 2.43. The number of nitrogens with zero attached hydrogens (tertiary/aromatic N) is 1. The molecular weight excluding hydrogens is 141 g/mol. The van der Waals surface area contributed by atoms with Gasteiger partial charge >= 0.3 is 0 Å². The van der Waals surface area contributed by atoms with Crippen molar-refractivity contribution in [1.29, 1.82) is 0 Å². The fourth-order valence-electron chi connectivity index (χ4n) is 1.21. The lowest BCUT2D eigenvalue weighted by molar-refractivity contribution is 0.305. The first kappa shape index (κ1) is 6.77. The van der Waals surface area contributed by atoms with Crippen LogP contribution in [-0.2, 0) is 0 Å². The number of hydrogen-bond donors (Lipinski definition) is 0. The molecule has 1 heterocycles. The Balaban J connectivity index is 2.15. The van der Waals surface area contributed by atoms with Gasteiger partial charge < -0.3 is 0 Å². The van der Waals surface area contributed by atoms with Crippen LogP contribution in [0.1, 0.15) is 24.6 Å². The van der Waals surface area contributed by atoms with Crippen LogP contribution in [0.4, 0.5) is 4.39 Å². The third-order valence-electron chi connectivity index (χ3n) is 2.06. The molecule has 1 aromatic rings. The summed E-state index contributed by atoms with van der Waals surface area (Å²) in [7, 11) is 0. The molecule has 0 radical (unpaired) electrons. The van der Waals surface area contributed by atoms with Crippen molar-refractivity contribution in [2.45, 2.75) is 19.0 Å². The minimum atomic E-state index is -0.752. The molecule has 1 aliphatic carbocycles. The normalized spacial score (nSPS) is 19.7. The van der Waals surface area contributed by atoms with E-state index in [-0.39, 0.29) is 5.92 Å². The second-order valence-electron chi connectivity index (χ2n) is 3.02. The standard InChI is InChI=1S/C9H10FN/c10-9(7-1-2-7)8-3-5-11-6-4-8/h3-7,9H,1-2H2. The Morgan fingerprint density at radius 1 is 1.36 bits per heavy atom. The van der Waals surface area contributed by atoms with Gasteiger partial charge in [0, 0.05) is 12.4 Å². The molecule has 1 atom stereocenters. The zero-order chi connectivity index (χ0) is 7.68. The van der Waals surface area contributed by atoms with Crippen LogP contribution >= 0.6 is 0 Å². The maximum Gasteiger partial charge on any atom is 0.128 e. The van der Waals surface area contributed by atoms with Crippen LogP contribution in [-0.4, -0.2) is 4.98 Å². The van der Waals surface area contributed by atoms with Crippen LogP contribution in [0.25, 0.3) is 0 Å². The van der Waals surface area contributed by atoms with Crippen LogP contribution in [0, 0.1) is 5.92 Å². The molecule has 0 amide bonds. The Labute approximate surface area is 65.3 Å². The van der Waals surface area contributed by atoms with Crippen molar-refractivity contribution in [3.63, 3.8) is 0 Å². The minimum Gasteiger partial charge on any atom is -0.265 e. The van der Waals surface area contributed by atoms with Gasteiger partial charge in [0.25, 0.3) is 0 Å². The van der Waals surface area contributed by atoms with Crippen molar-refractivity contribution < 1.29 is 4.39 Å². The molecule has 2 heteroatoms. The van der Waals surface area contributed by atoms with Gasteiger partial charge in [0.05, 0.1) is 0 Å². The van der Waals surface area contributed by atoms with Crippen molar-refractivity contribution >= 4 is 0 Å². The summed E-state index contributed by atoms with van der Waals surface area (Å²) in [6.07, 6.45) is 4.62. The van der Waals surface area contributed by atoms with E-state index in [4.69, 9.17) is 0 Å². The molecule has 58 valence electrons. The molecule has 1 nitrogen and oxygen atoms in total. The summed E-state index contributed by atoms with van der Waals surface area (Å²) >= 11 is 0. The van der Waals surface area contributed by atoms with Crippen LogP contribution < -0.4 is 0 Å². The van der Waals surface area contributed by atoms with Gasteiger partial charge in [0.1, 0.15) is 6.17 Å². The highest BCUT2D eigenvalue weighted by Gasteiger charge is 2.32. The molecule has 1 saturated carbocycles. The third-order valence-corrected chi connectivity index (χ3v) is 2.06. The molecule has 1 fully saturated rings. The van der Waals surface area contributed by atoms with Crippen molar-refractivity contribution in [3.8, 4) is 0 Å². The Morgan fingerprint density at radius 2 is 2.00 bits per heavy atom. The fraction of sp³-hybridized carbons (Fsp3) is 0.444. The summed E-state index contributed by atoms with van der Waals surface area (Å²) in [5, 5.41) is 0. The van der Waals surface area contributed by atoms with E-state index in [9.17, 15) is 4.39 Å². The monoisotopic (exact) mass is 151 g/mol. The van der Waals surface area contributed by atoms with Crippen molar-refractivity contribution in [3.05, 3.63) is 30.1 Å². The molecule has 2 rings (SSSR count). The largest absolute Gasteiger partial charge is 0.265 e. The number of halogens is 1. The molecular formula is C9H10FN. The van der Waals surface area contributed by atoms with Gasteiger partial charge in [-0.1, -0.05) is 0 Å². The number of alkyl halides is 1. The average Bonchev–Trinajstić information content (AvgIpc) is 2.87. The smallest absolute Gasteiger partial charge is 0.128 e. The maximum atomic E-state index is 13.3. The first-order valence-corrected chi connectivity index (χ1v) is 3.92. The van der Waals surface area contributed by atoms with E-state index in [1.807, 2.05) is 0 Å². The molecule has 1 aromatic heterocycles. The number of hydrogen-bond acceptors (Lipinski definition) is 1. The van der Waals surface area contributed by atoms with Gasteiger partial charge in [-0.2, -0.15) is 0 Å². The summed E-state index contributed by atoms with van der Waals surface area (Å²) in [6.45, 7) is 0. The molecule has 11 heavy (non-hydrogen) atoms. The van der Waals surface area contributed by atoms with Crippen LogP contribution in [0.15, 0.2) is 24.5 Å². The molecule has 0 N–H and O–H groups in total. The van der Waals surface area contributed by atoms with Crippen molar-refractivity contribution in [2.24, 2.45) is 5.92 Å². The average molecular weight is 151 g/mol. The van der Waals surface area contributed by atoms with Crippen LogP contribution in [0.5, 0.6) is 0 Å². The predicted molar refractivity (Wildman–Crippen MR) is 40.8 cm³/mol. The molecule has 1 unspecified atom stereocenters. The second kappa shape index (κ2) is 2.61. The van der Waals surface area contributed by atoms with Gasteiger partial charge in [-0.15, -0.1) is 0 Å². The Bertz CT molecular complexity index is 231.